The minimum absolute atomic E-state index is 0.0354. The number of non-ortho nitro benzene ring substituents is 1. The van der Waals surface area contributed by atoms with Crippen molar-refractivity contribution < 1.29 is 9.45 Å². The molecule has 0 radical (unpaired) electrons. The predicted octanol–water partition coefficient (Wildman–Crippen LogP) is 4.19. The molecule has 0 spiro atoms. The van der Waals surface area contributed by atoms with Crippen LogP contribution in [0.1, 0.15) is 30.7 Å². The summed E-state index contributed by atoms with van der Waals surface area (Å²) in [7, 11) is 0. The Morgan fingerprint density at radius 3 is 2.43 bits per heavy atom. The van der Waals surface area contributed by atoms with Crippen molar-refractivity contribution in [1.29, 1.82) is 0 Å². The molecule has 0 saturated heterocycles. The number of hydrogen-bond donors (Lipinski definition) is 0. The lowest BCUT2D eigenvalue weighted by atomic mass is 9.96. The number of nitro benzene ring substituents is 1. The average molecular weight is 309 g/mol. The van der Waals surface area contributed by atoms with Gasteiger partial charge in [-0.3, -0.25) is 10.1 Å². The number of benzene rings is 2. The quantitative estimate of drug-likeness (QED) is 0.521. The third kappa shape index (κ3) is 3.11. The van der Waals surface area contributed by atoms with Crippen LogP contribution < -0.4 is 0 Å². The molecule has 6 nitrogen and oxygen atoms in total. The lowest BCUT2D eigenvalue weighted by molar-refractivity contribution is -0.384. The van der Waals surface area contributed by atoms with E-state index in [1.54, 1.807) is 12.1 Å². The summed E-state index contributed by atoms with van der Waals surface area (Å²) in [6.45, 7) is 2.06. The van der Waals surface area contributed by atoms with Gasteiger partial charge in [-0.15, -0.1) is 0 Å². The Bertz CT molecular complexity index is 797. The summed E-state index contributed by atoms with van der Waals surface area (Å²) in [5.41, 5.74) is 1.84. The van der Waals surface area contributed by atoms with Crippen LogP contribution >= 0.6 is 0 Å². The summed E-state index contributed by atoms with van der Waals surface area (Å²) in [6.07, 6.45) is 0.839. The van der Waals surface area contributed by atoms with Crippen molar-refractivity contribution in [3.63, 3.8) is 0 Å². The molecule has 23 heavy (non-hydrogen) atoms. The highest BCUT2D eigenvalue weighted by atomic mass is 16.6. The first-order chi connectivity index (χ1) is 11.2. The molecule has 0 amide bonds. The number of aromatic nitrogens is 2. The summed E-state index contributed by atoms with van der Waals surface area (Å²) in [6, 6.07) is 16.1. The monoisotopic (exact) mass is 309 g/mol. The van der Waals surface area contributed by atoms with Gasteiger partial charge in [-0.05, 0) is 24.1 Å². The second kappa shape index (κ2) is 6.39. The third-order valence-corrected chi connectivity index (χ3v) is 3.69. The largest absolute Gasteiger partial charge is 0.338 e. The molecule has 0 aliphatic heterocycles. The molecule has 116 valence electrons. The molecule has 1 aromatic heterocycles. The van der Waals surface area contributed by atoms with Crippen LogP contribution in [0.4, 0.5) is 5.69 Å². The highest BCUT2D eigenvalue weighted by Crippen LogP contribution is 2.28. The van der Waals surface area contributed by atoms with Gasteiger partial charge in [0.1, 0.15) is 0 Å². The third-order valence-electron chi connectivity index (χ3n) is 3.69. The van der Waals surface area contributed by atoms with E-state index in [0.717, 1.165) is 12.0 Å². The SMILES string of the molecule is CC[C@@H](c1ccccc1)c1nc(-c2ccc([N+](=O)[O-])cc2)no1. The van der Waals surface area contributed by atoms with Crippen molar-refractivity contribution in [1.82, 2.24) is 10.1 Å². The smallest absolute Gasteiger partial charge is 0.269 e. The molecule has 6 heteroatoms. The topological polar surface area (TPSA) is 82.1 Å². The predicted molar refractivity (Wildman–Crippen MR) is 85.0 cm³/mol. The molecule has 1 heterocycles. The van der Waals surface area contributed by atoms with Crippen LogP contribution in [0.3, 0.4) is 0 Å². The second-order valence-corrected chi connectivity index (χ2v) is 5.13. The van der Waals surface area contributed by atoms with Crippen LogP contribution in [0.15, 0.2) is 59.1 Å². The van der Waals surface area contributed by atoms with Crippen molar-refractivity contribution in [3.8, 4) is 11.4 Å². The van der Waals surface area contributed by atoms with Crippen LogP contribution in [0.5, 0.6) is 0 Å². The van der Waals surface area contributed by atoms with Gasteiger partial charge in [0.2, 0.25) is 11.7 Å². The molecule has 0 bridgehead atoms. The van der Waals surface area contributed by atoms with Gasteiger partial charge in [-0.1, -0.05) is 42.4 Å². The van der Waals surface area contributed by atoms with Crippen LogP contribution in [0.25, 0.3) is 11.4 Å². The average Bonchev–Trinajstić information content (AvgIpc) is 3.06. The van der Waals surface area contributed by atoms with E-state index >= 15 is 0 Å². The molecule has 0 N–H and O–H groups in total. The molecule has 0 aliphatic carbocycles. The van der Waals surface area contributed by atoms with Gasteiger partial charge in [-0.2, -0.15) is 4.98 Å². The summed E-state index contributed by atoms with van der Waals surface area (Å²) < 4.78 is 5.41. The molecule has 0 aliphatic rings. The van der Waals surface area contributed by atoms with Gasteiger partial charge in [0, 0.05) is 17.7 Å². The van der Waals surface area contributed by atoms with Crippen LogP contribution in [0.2, 0.25) is 0 Å². The fraction of sp³-hybridized carbons (Fsp3) is 0.176. The van der Waals surface area contributed by atoms with E-state index in [1.807, 2.05) is 30.3 Å². The zero-order chi connectivity index (χ0) is 16.2. The van der Waals surface area contributed by atoms with Gasteiger partial charge < -0.3 is 4.52 Å². The molecule has 1 atom stereocenters. The van der Waals surface area contributed by atoms with Crippen molar-refractivity contribution in [3.05, 3.63) is 76.2 Å². The Hall–Kier alpha value is -3.02. The summed E-state index contributed by atoms with van der Waals surface area (Å²) in [5, 5.41) is 14.7. The maximum atomic E-state index is 10.7. The van der Waals surface area contributed by atoms with Gasteiger partial charge in [0.05, 0.1) is 10.8 Å². The van der Waals surface area contributed by atoms with E-state index in [1.165, 1.54) is 12.1 Å². The Kier molecular flexibility index (Phi) is 4.14. The molecule has 2 aromatic carbocycles. The maximum Gasteiger partial charge on any atom is 0.269 e. The summed E-state index contributed by atoms with van der Waals surface area (Å²) in [5.74, 6) is 1.02. The zero-order valence-corrected chi connectivity index (χ0v) is 12.5. The van der Waals surface area contributed by atoms with Crippen molar-refractivity contribution in [2.45, 2.75) is 19.3 Å². The first-order valence-corrected chi connectivity index (χ1v) is 7.32. The molecule has 0 saturated carbocycles. The van der Waals surface area contributed by atoms with Crippen molar-refractivity contribution in [2.24, 2.45) is 0 Å². The minimum Gasteiger partial charge on any atom is -0.338 e. The first-order valence-electron chi connectivity index (χ1n) is 7.32. The second-order valence-electron chi connectivity index (χ2n) is 5.13. The van der Waals surface area contributed by atoms with Crippen LogP contribution in [-0.2, 0) is 0 Å². The Morgan fingerprint density at radius 2 is 1.83 bits per heavy atom. The minimum atomic E-state index is -0.437. The molecular weight excluding hydrogens is 294 g/mol. The van der Waals surface area contributed by atoms with Crippen LogP contribution in [0, 0.1) is 10.1 Å². The van der Waals surface area contributed by atoms with Gasteiger partial charge in [0.15, 0.2) is 0 Å². The standard InChI is InChI=1S/C17H15N3O3/c1-2-15(12-6-4-3-5-7-12)17-18-16(19-23-17)13-8-10-14(11-9-13)20(21)22/h3-11,15H,2H2,1H3/t15-/m0/s1. The number of nitrogens with zero attached hydrogens (tertiary/aromatic N) is 3. The fourth-order valence-electron chi connectivity index (χ4n) is 2.46. The van der Waals surface area contributed by atoms with E-state index < -0.39 is 4.92 Å². The highest BCUT2D eigenvalue weighted by Gasteiger charge is 2.20. The lowest BCUT2D eigenvalue weighted by Crippen LogP contribution is -1.99. The first kappa shape index (κ1) is 14.9. The highest BCUT2D eigenvalue weighted by molar-refractivity contribution is 5.56. The van der Waals surface area contributed by atoms with E-state index in [9.17, 15) is 10.1 Å². The van der Waals surface area contributed by atoms with E-state index in [0.29, 0.717) is 17.3 Å². The van der Waals surface area contributed by atoms with E-state index in [-0.39, 0.29) is 11.6 Å². The number of nitro groups is 1. The number of rotatable bonds is 5. The van der Waals surface area contributed by atoms with Gasteiger partial charge in [0.25, 0.3) is 5.69 Å². The maximum absolute atomic E-state index is 10.7. The summed E-state index contributed by atoms with van der Waals surface area (Å²) >= 11 is 0. The van der Waals surface area contributed by atoms with E-state index in [4.69, 9.17) is 4.52 Å². The van der Waals surface area contributed by atoms with Gasteiger partial charge >= 0.3 is 0 Å². The van der Waals surface area contributed by atoms with Gasteiger partial charge in [-0.25, -0.2) is 0 Å². The number of hydrogen-bond acceptors (Lipinski definition) is 5. The lowest BCUT2D eigenvalue weighted by Gasteiger charge is -2.09. The van der Waals surface area contributed by atoms with Crippen molar-refractivity contribution >= 4 is 5.69 Å². The fourth-order valence-corrected chi connectivity index (χ4v) is 2.46. The summed E-state index contributed by atoms with van der Waals surface area (Å²) in [4.78, 5) is 14.7. The normalized spacial score (nSPS) is 12.0. The van der Waals surface area contributed by atoms with Crippen molar-refractivity contribution in [2.75, 3.05) is 0 Å². The Morgan fingerprint density at radius 1 is 1.13 bits per heavy atom. The van der Waals surface area contributed by atoms with E-state index in [2.05, 4.69) is 17.1 Å². The molecule has 3 rings (SSSR count). The Labute approximate surface area is 132 Å². The van der Waals surface area contributed by atoms with Crippen LogP contribution in [-0.4, -0.2) is 15.1 Å². The molecule has 0 unspecified atom stereocenters. The molecule has 0 fully saturated rings. The molecule has 3 aromatic rings. The zero-order valence-electron chi connectivity index (χ0n) is 12.5. The Balaban J connectivity index is 1.89. The molecular formula is C17H15N3O3.